The fraction of sp³-hybridized carbons (Fsp3) is 0.438. The van der Waals surface area contributed by atoms with E-state index in [1.54, 1.807) is 13.3 Å². The van der Waals surface area contributed by atoms with E-state index in [1.807, 2.05) is 25.1 Å². The minimum absolute atomic E-state index is 0.185. The van der Waals surface area contributed by atoms with Crippen molar-refractivity contribution in [3.63, 3.8) is 0 Å². The molecule has 1 aliphatic heterocycles. The predicted octanol–water partition coefficient (Wildman–Crippen LogP) is 2.30. The van der Waals surface area contributed by atoms with E-state index in [9.17, 15) is 5.11 Å². The van der Waals surface area contributed by atoms with E-state index in [1.165, 1.54) is 5.56 Å². The number of likely N-dealkylation sites (tertiary alicyclic amines) is 1. The van der Waals surface area contributed by atoms with Crippen LogP contribution in [0.5, 0.6) is 5.75 Å². The van der Waals surface area contributed by atoms with Crippen LogP contribution in [0.15, 0.2) is 35.0 Å². The zero-order valence-electron chi connectivity index (χ0n) is 12.3. The Morgan fingerprint density at radius 3 is 3.05 bits per heavy atom. The van der Waals surface area contributed by atoms with Gasteiger partial charge in [-0.1, -0.05) is 17.3 Å². The SMILES string of the molecule is COc1cccc(C2CC(O)CN2Cc2cnoc2C)c1. The van der Waals surface area contributed by atoms with Gasteiger partial charge in [-0.3, -0.25) is 4.90 Å². The van der Waals surface area contributed by atoms with Gasteiger partial charge in [-0.25, -0.2) is 0 Å². The Morgan fingerprint density at radius 2 is 2.33 bits per heavy atom. The fourth-order valence-electron chi connectivity index (χ4n) is 2.94. The average Bonchev–Trinajstić information content (AvgIpc) is 3.06. The molecule has 0 spiro atoms. The van der Waals surface area contributed by atoms with Crippen LogP contribution in [0.3, 0.4) is 0 Å². The summed E-state index contributed by atoms with van der Waals surface area (Å²) in [5, 5.41) is 13.9. The number of ether oxygens (including phenoxy) is 1. The van der Waals surface area contributed by atoms with Crippen LogP contribution in [0.25, 0.3) is 0 Å². The summed E-state index contributed by atoms with van der Waals surface area (Å²) in [5.41, 5.74) is 2.23. The van der Waals surface area contributed by atoms with E-state index in [0.717, 1.165) is 30.0 Å². The summed E-state index contributed by atoms with van der Waals surface area (Å²) in [7, 11) is 1.67. The monoisotopic (exact) mass is 288 g/mol. The lowest BCUT2D eigenvalue weighted by atomic mass is 10.0. The molecule has 1 N–H and O–H groups in total. The van der Waals surface area contributed by atoms with Crippen molar-refractivity contribution in [1.29, 1.82) is 0 Å². The van der Waals surface area contributed by atoms with E-state index in [2.05, 4.69) is 16.1 Å². The highest BCUT2D eigenvalue weighted by atomic mass is 16.5. The Bertz CT molecular complexity index is 611. The predicted molar refractivity (Wildman–Crippen MR) is 78.0 cm³/mol. The summed E-state index contributed by atoms with van der Waals surface area (Å²) in [6.07, 6.45) is 2.18. The van der Waals surface area contributed by atoms with E-state index in [-0.39, 0.29) is 12.1 Å². The molecule has 21 heavy (non-hydrogen) atoms. The van der Waals surface area contributed by atoms with E-state index < -0.39 is 0 Å². The molecule has 1 aliphatic rings. The Labute approximate surface area is 124 Å². The molecule has 2 atom stereocenters. The van der Waals surface area contributed by atoms with Gasteiger partial charge in [-0.15, -0.1) is 0 Å². The van der Waals surface area contributed by atoms with Crippen molar-refractivity contribution in [1.82, 2.24) is 10.1 Å². The molecule has 0 bridgehead atoms. The number of hydrogen-bond donors (Lipinski definition) is 1. The molecule has 2 heterocycles. The van der Waals surface area contributed by atoms with Crippen LogP contribution < -0.4 is 4.74 Å². The molecule has 0 saturated carbocycles. The Hall–Kier alpha value is -1.85. The van der Waals surface area contributed by atoms with Gasteiger partial charge in [0.1, 0.15) is 11.5 Å². The number of methoxy groups -OCH3 is 1. The first kappa shape index (κ1) is 14.1. The van der Waals surface area contributed by atoms with E-state index >= 15 is 0 Å². The quantitative estimate of drug-likeness (QED) is 0.935. The summed E-state index contributed by atoms with van der Waals surface area (Å²) >= 11 is 0. The Kier molecular flexibility index (Phi) is 3.94. The van der Waals surface area contributed by atoms with Crippen LogP contribution in [0.4, 0.5) is 0 Å². The van der Waals surface area contributed by atoms with Gasteiger partial charge in [0.05, 0.1) is 19.4 Å². The van der Waals surface area contributed by atoms with Gasteiger partial charge in [-0.05, 0) is 31.0 Å². The molecule has 1 aromatic carbocycles. The minimum atomic E-state index is -0.304. The summed E-state index contributed by atoms with van der Waals surface area (Å²) in [6, 6.07) is 8.23. The highest BCUT2D eigenvalue weighted by Crippen LogP contribution is 2.35. The lowest BCUT2D eigenvalue weighted by molar-refractivity contribution is 0.172. The maximum Gasteiger partial charge on any atom is 0.138 e. The molecule has 2 unspecified atom stereocenters. The maximum atomic E-state index is 10.0. The highest BCUT2D eigenvalue weighted by molar-refractivity contribution is 5.31. The van der Waals surface area contributed by atoms with E-state index in [4.69, 9.17) is 9.26 Å². The first-order chi connectivity index (χ1) is 10.2. The zero-order chi connectivity index (χ0) is 14.8. The number of benzene rings is 1. The van der Waals surface area contributed by atoms with Gasteiger partial charge in [0.25, 0.3) is 0 Å². The molecule has 112 valence electrons. The molecular weight excluding hydrogens is 268 g/mol. The van der Waals surface area contributed by atoms with Crippen molar-refractivity contribution in [2.75, 3.05) is 13.7 Å². The molecule has 3 rings (SSSR count). The van der Waals surface area contributed by atoms with Crippen molar-refractivity contribution in [3.05, 3.63) is 47.3 Å². The average molecular weight is 288 g/mol. The Morgan fingerprint density at radius 1 is 1.48 bits per heavy atom. The van der Waals surface area contributed by atoms with Gasteiger partial charge in [-0.2, -0.15) is 0 Å². The van der Waals surface area contributed by atoms with Crippen LogP contribution in [-0.4, -0.2) is 34.9 Å². The van der Waals surface area contributed by atoms with Gasteiger partial charge in [0.2, 0.25) is 0 Å². The second-order valence-electron chi connectivity index (χ2n) is 5.52. The molecule has 1 fully saturated rings. The number of aryl methyl sites for hydroxylation is 1. The third kappa shape index (κ3) is 2.94. The van der Waals surface area contributed by atoms with Crippen molar-refractivity contribution in [2.24, 2.45) is 0 Å². The summed E-state index contributed by atoms with van der Waals surface area (Å²) < 4.78 is 10.4. The number of hydrogen-bond acceptors (Lipinski definition) is 5. The molecule has 2 aromatic rings. The van der Waals surface area contributed by atoms with Crippen LogP contribution in [0.2, 0.25) is 0 Å². The zero-order valence-corrected chi connectivity index (χ0v) is 12.3. The molecule has 0 radical (unpaired) electrons. The van der Waals surface area contributed by atoms with Crippen LogP contribution >= 0.6 is 0 Å². The number of nitrogens with zero attached hydrogens (tertiary/aromatic N) is 2. The Balaban J connectivity index is 1.83. The molecule has 0 aliphatic carbocycles. The largest absolute Gasteiger partial charge is 0.497 e. The third-order valence-corrected chi connectivity index (χ3v) is 4.08. The molecule has 0 amide bonds. The first-order valence-corrected chi connectivity index (χ1v) is 7.13. The van der Waals surface area contributed by atoms with E-state index in [0.29, 0.717) is 6.54 Å². The van der Waals surface area contributed by atoms with Gasteiger partial charge >= 0.3 is 0 Å². The second-order valence-corrected chi connectivity index (χ2v) is 5.52. The first-order valence-electron chi connectivity index (χ1n) is 7.13. The molecule has 5 nitrogen and oxygen atoms in total. The van der Waals surface area contributed by atoms with Gasteiger partial charge < -0.3 is 14.4 Å². The van der Waals surface area contributed by atoms with Crippen LogP contribution in [0, 0.1) is 6.92 Å². The topological polar surface area (TPSA) is 58.7 Å². The standard InChI is InChI=1S/C16H20N2O3/c1-11-13(8-17-21-11)9-18-10-14(19)7-16(18)12-4-3-5-15(6-12)20-2/h3-6,8,14,16,19H,7,9-10H2,1-2H3. The normalized spacial score (nSPS) is 22.6. The lowest BCUT2D eigenvalue weighted by Gasteiger charge is -2.24. The van der Waals surface area contributed by atoms with Crippen LogP contribution in [-0.2, 0) is 6.54 Å². The lowest BCUT2D eigenvalue weighted by Crippen LogP contribution is -2.24. The van der Waals surface area contributed by atoms with Crippen molar-refractivity contribution >= 4 is 0 Å². The molecular formula is C16H20N2O3. The smallest absolute Gasteiger partial charge is 0.138 e. The van der Waals surface area contributed by atoms with Crippen molar-refractivity contribution < 1.29 is 14.4 Å². The molecule has 5 heteroatoms. The summed E-state index contributed by atoms with van der Waals surface area (Å²) in [4.78, 5) is 2.26. The fourth-order valence-corrected chi connectivity index (χ4v) is 2.94. The third-order valence-electron chi connectivity index (χ3n) is 4.08. The van der Waals surface area contributed by atoms with Crippen LogP contribution in [0.1, 0.15) is 29.3 Å². The molecule has 1 saturated heterocycles. The number of aliphatic hydroxyl groups excluding tert-OH is 1. The summed E-state index contributed by atoms with van der Waals surface area (Å²) in [5.74, 6) is 1.68. The van der Waals surface area contributed by atoms with Crippen molar-refractivity contribution in [2.45, 2.75) is 32.0 Å². The van der Waals surface area contributed by atoms with Gasteiger partial charge in [0, 0.05) is 24.7 Å². The number of β-amino-alcohol motifs (C(OH)–C–C–N with tert-alkyl or cyclic N) is 1. The minimum Gasteiger partial charge on any atom is -0.497 e. The highest BCUT2D eigenvalue weighted by Gasteiger charge is 2.32. The maximum absolute atomic E-state index is 10.0. The number of aliphatic hydroxyl groups is 1. The number of rotatable bonds is 4. The van der Waals surface area contributed by atoms with Crippen molar-refractivity contribution in [3.8, 4) is 5.75 Å². The number of aromatic nitrogens is 1. The second kappa shape index (κ2) is 5.87. The molecule has 1 aromatic heterocycles. The summed E-state index contributed by atoms with van der Waals surface area (Å²) in [6.45, 7) is 3.30. The van der Waals surface area contributed by atoms with Gasteiger partial charge in [0.15, 0.2) is 0 Å².